The minimum Gasteiger partial charge on any atom is -0.350 e. The second-order valence-electron chi connectivity index (χ2n) is 11.0. The van der Waals surface area contributed by atoms with Gasteiger partial charge in [0.1, 0.15) is 12.6 Å². The van der Waals surface area contributed by atoms with Crippen LogP contribution in [0.2, 0.25) is 0 Å². The number of sulfonamides is 1. The van der Waals surface area contributed by atoms with Crippen LogP contribution in [0, 0.1) is 13.8 Å². The minimum absolute atomic E-state index is 0.152. The molecular weight excluding hydrogens is 510 g/mol. The Morgan fingerprint density at radius 2 is 1.44 bits per heavy atom. The molecule has 3 aromatic carbocycles. The SMILES string of the molecule is Cc1ccc(CN(C(=O)CN(c2ccccc2C)S(C)(=O)=O)[C@H](Cc2ccccc2)C(=O)NC(C)(C)C)cc1. The third kappa shape index (κ3) is 8.68. The van der Waals surface area contributed by atoms with Crippen LogP contribution in [0.5, 0.6) is 0 Å². The van der Waals surface area contributed by atoms with E-state index in [-0.39, 0.29) is 18.9 Å². The minimum atomic E-state index is -3.80. The molecule has 0 bridgehead atoms. The molecule has 0 saturated carbocycles. The van der Waals surface area contributed by atoms with Crippen molar-refractivity contribution in [1.82, 2.24) is 10.2 Å². The van der Waals surface area contributed by atoms with Crippen LogP contribution in [-0.2, 0) is 32.6 Å². The highest BCUT2D eigenvalue weighted by Crippen LogP contribution is 2.23. The number of carbonyl (C=O) groups is 2. The molecule has 0 spiro atoms. The number of aryl methyl sites for hydroxylation is 2. The number of hydrogen-bond acceptors (Lipinski definition) is 4. The van der Waals surface area contributed by atoms with Gasteiger partial charge in [0.05, 0.1) is 11.9 Å². The number of anilines is 1. The van der Waals surface area contributed by atoms with Crippen LogP contribution in [0.4, 0.5) is 5.69 Å². The third-order valence-electron chi connectivity index (χ3n) is 6.31. The van der Waals surface area contributed by atoms with Gasteiger partial charge in [-0.15, -0.1) is 0 Å². The number of para-hydroxylation sites is 1. The number of nitrogens with one attached hydrogen (secondary N) is 1. The van der Waals surface area contributed by atoms with Crippen molar-refractivity contribution in [2.75, 3.05) is 17.1 Å². The molecule has 0 fully saturated rings. The van der Waals surface area contributed by atoms with Crippen LogP contribution < -0.4 is 9.62 Å². The zero-order valence-corrected chi connectivity index (χ0v) is 24.5. The predicted molar refractivity (Wildman–Crippen MR) is 157 cm³/mol. The van der Waals surface area contributed by atoms with Gasteiger partial charge in [-0.3, -0.25) is 13.9 Å². The smallest absolute Gasteiger partial charge is 0.244 e. The van der Waals surface area contributed by atoms with Crippen LogP contribution in [0.15, 0.2) is 78.9 Å². The molecule has 0 heterocycles. The first kappa shape index (κ1) is 29.9. The van der Waals surface area contributed by atoms with Crippen molar-refractivity contribution < 1.29 is 18.0 Å². The Kier molecular flexibility index (Phi) is 9.56. The lowest BCUT2D eigenvalue weighted by molar-refractivity contribution is -0.140. The van der Waals surface area contributed by atoms with Crippen LogP contribution >= 0.6 is 0 Å². The summed E-state index contributed by atoms with van der Waals surface area (Å²) in [6.45, 7) is 9.18. The summed E-state index contributed by atoms with van der Waals surface area (Å²) in [6, 6.07) is 23.5. The first-order valence-corrected chi connectivity index (χ1v) is 14.8. The Morgan fingerprint density at radius 3 is 2.00 bits per heavy atom. The maximum Gasteiger partial charge on any atom is 0.244 e. The van der Waals surface area contributed by atoms with E-state index in [9.17, 15) is 18.0 Å². The van der Waals surface area contributed by atoms with Crippen molar-refractivity contribution >= 4 is 27.5 Å². The lowest BCUT2D eigenvalue weighted by Crippen LogP contribution is -2.56. The summed E-state index contributed by atoms with van der Waals surface area (Å²) in [5.41, 5.74) is 3.45. The van der Waals surface area contributed by atoms with Crippen molar-refractivity contribution in [3.8, 4) is 0 Å². The van der Waals surface area contributed by atoms with Crippen LogP contribution in [0.25, 0.3) is 0 Å². The van der Waals surface area contributed by atoms with Crippen LogP contribution in [0.3, 0.4) is 0 Å². The van der Waals surface area contributed by atoms with Crippen LogP contribution in [-0.4, -0.2) is 49.5 Å². The zero-order valence-electron chi connectivity index (χ0n) is 23.6. The number of amides is 2. The molecule has 0 saturated heterocycles. The molecule has 208 valence electrons. The van der Waals surface area contributed by atoms with Gasteiger partial charge >= 0.3 is 0 Å². The van der Waals surface area contributed by atoms with Gasteiger partial charge in [0.15, 0.2) is 0 Å². The van der Waals surface area contributed by atoms with Crippen molar-refractivity contribution in [3.05, 3.63) is 101 Å². The fraction of sp³-hybridized carbons (Fsp3) is 0.355. The average molecular weight is 550 g/mol. The summed E-state index contributed by atoms with van der Waals surface area (Å²) in [7, 11) is -3.80. The molecule has 3 aromatic rings. The van der Waals surface area contributed by atoms with Crippen molar-refractivity contribution in [2.24, 2.45) is 0 Å². The first-order chi connectivity index (χ1) is 18.2. The largest absolute Gasteiger partial charge is 0.350 e. The van der Waals surface area contributed by atoms with E-state index in [0.29, 0.717) is 5.69 Å². The number of rotatable bonds is 10. The Balaban J connectivity index is 2.08. The van der Waals surface area contributed by atoms with E-state index < -0.39 is 34.1 Å². The Morgan fingerprint density at radius 1 is 0.846 bits per heavy atom. The molecule has 0 aliphatic carbocycles. The van der Waals surface area contributed by atoms with E-state index in [1.54, 1.807) is 25.1 Å². The molecule has 1 N–H and O–H groups in total. The number of benzene rings is 3. The Hall–Kier alpha value is -3.65. The molecule has 3 rings (SSSR count). The summed E-state index contributed by atoms with van der Waals surface area (Å²) >= 11 is 0. The van der Waals surface area contributed by atoms with Gasteiger partial charge < -0.3 is 10.2 Å². The summed E-state index contributed by atoms with van der Waals surface area (Å²) in [6.07, 6.45) is 1.37. The fourth-order valence-corrected chi connectivity index (χ4v) is 5.24. The van der Waals surface area contributed by atoms with E-state index in [1.807, 2.05) is 88.4 Å². The van der Waals surface area contributed by atoms with Gasteiger partial charge in [0, 0.05) is 18.5 Å². The van der Waals surface area contributed by atoms with E-state index in [0.717, 1.165) is 32.8 Å². The average Bonchev–Trinajstić information content (AvgIpc) is 2.85. The molecule has 0 aliphatic rings. The third-order valence-corrected chi connectivity index (χ3v) is 7.43. The lowest BCUT2D eigenvalue weighted by Gasteiger charge is -2.35. The topological polar surface area (TPSA) is 86.8 Å². The van der Waals surface area contributed by atoms with Gasteiger partial charge in [-0.1, -0.05) is 78.4 Å². The highest BCUT2D eigenvalue weighted by molar-refractivity contribution is 7.92. The van der Waals surface area contributed by atoms with E-state index in [4.69, 9.17) is 0 Å². The molecular formula is C31H39N3O4S. The number of hydrogen-bond donors (Lipinski definition) is 1. The monoisotopic (exact) mass is 549 g/mol. The molecule has 39 heavy (non-hydrogen) atoms. The number of nitrogens with zero attached hydrogens (tertiary/aromatic N) is 2. The normalized spacial score (nSPS) is 12.5. The highest BCUT2D eigenvalue weighted by Gasteiger charge is 2.34. The Bertz CT molecular complexity index is 1380. The van der Waals surface area contributed by atoms with Crippen molar-refractivity contribution in [2.45, 2.75) is 59.2 Å². The van der Waals surface area contributed by atoms with Crippen molar-refractivity contribution in [1.29, 1.82) is 0 Å². The van der Waals surface area contributed by atoms with Gasteiger partial charge in [0.25, 0.3) is 0 Å². The quantitative estimate of drug-likeness (QED) is 0.400. The molecule has 2 amide bonds. The second kappa shape index (κ2) is 12.5. The molecule has 0 unspecified atom stereocenters. The summed E-state index contributed by atoms with van der Waals surface area (Å²) in [5.74, 6) is -0.761. The second-order valence-corrected chi connectivity index (χ2v) is 12.9. The zero-order chi connectivity index (χ0) is 28.8. The van der Waals surface area contributed by atoms with Gasteiger partial charge in [-0.25, -0.2) is 8.42 Å². The molecule has 0 aromatic heterocycles. The summed E-state index contributed by atoms with van der Waals surface area (Å²) in [4.78, 5) is 29.3. The Labute approximate surface area is 232 Å². The molecule has 0 aliphatic heterocycles. The van der Waals surface area contributed by atoms with E-state index >= 15 is 0 Å². The van der Waals surface area contributed by atoms with E-state index in [1.165, 1.54) is 4.90 Å². The first-order valence-electron chi connectivity index (χ1n) is 13.0. The molecule has 7 nitrogen and oxygen atoms in total. The molecule has 0 radical (unpaired) electrons. The van der Waals surface area contributed by atoms with Gasteiger partial charge in [-0.05, 0) is 57.4 Å². The maximum atomic E-state index is 14.1. The van der Waals surface area contributed by atoms with Crippen LogP contribution in [0.1, 0.15) is 43.0 Å². The maximum absolute atomic E-state index is 14.1. The van der Waals surface area contributed by atoms with Gasteiger partial charge in [0.2, 0.25) is 21.8 Å². The summed E-state index contributed by atoms with van der Waals surface area (Å²) < 4.78 is 26.9. The highest BCUT2D eigenvalue weighted by atomic mass is 32.2. The molecule has 8 heteroatoms. The predicted octanol–water partition coefficient (Wildman–Crippen LogP) is 4.62. The standard InChI is InChI=1S/C31H39N3O4S/c1-23-16-18-26(19-17-23)21-33(28(30(36)32-31(3,4)5)20-25-13-8-7-9-14-25)29(35)22-34(39(6,37)38)27-15-11-10-12-24(27)2/h7-19,28H,20-22H2,1-6H3,(H,32,36)/t28-/m1/s1. The lowest BCUT2D eigenvalue weighted by atomic mass is 10.0. The van der Waals surface area contributed by atoms with Gasteiger partial charge in [-0.2, -0.15) is 0 Å². The van der Waals surface area contributed by atoms with Crippen molar-refractivity contribution in [3.63, 3.8) is 0 Å². The fourth-order valence-electron chi connectivity index (χ4n) is 4.34. The van der Waals surface area contributed by atoms with E-state index in [2.05, 4.69) is 5.32 Å². The summed E-state index contributed by atoms with van der Waals surface area (Å²) in [5, 5.41) is 3.03. The number of carbonyl (C=O) groups excluding carboxylic acids is 2. The molecule has 1 atom stereocenters.